The van der Waals surface area contributed by atoms with Crippen LogP contribution < -0.4 is 4.74 Å². The number of para-hydroxylation sites is 2. The highest BCUT2D eigenvalue weighted by Crippen LogP contribution is 2.44. The zero-order valence-corrected chi connectivity index (χ0v) is 18.9. The van der Waals surface area contributed by atoms with E-state index in [1.165, 1.54) is 5.56 Å². The zero-order valence-electron chi connectivity index (χ0n) is 18.9. The van der Waals surface area contributed by atoms with Crippen molar-refractivity contribution in [2.45, 2.75) is 18.9 Å². The van der Waals surface area contributed by atoms with Gasteiger partial charge in [-0.1, -0.05) is 66.7 Å². The predicted octanol–water partition coefficient (Wildman–Crippen LogP) is 4.68. The molecule has 1 fully saturated rings. The van der Waals surface area contributed by atoms with Crippen LogP contribution in [0.4, 0.5) is 0 Å². The highest BCUT2D eigenvalue weighted by atomic mass is 16.5. The second-order valence-corrected chi connectivity index (χ2v) is 8.74. The number of hydrogen-bond donors (Lipinski definition) is 0. The zero-order chi connectivity index (χ0) is 22.5. The Bertz CT molecular complexity index is 1030. The van der Waals surface area contributed by atoms with E-state index in [9.17, 15) is 4.79 Å². The van der Waals surface area contributed by atoms with Crippen LogP contribution in [0.15, 0.2) is 78.9 Å². The Morgan fingerprint density at radius 1 is 0.788 bits per heavy atom. The van der Waals surface area contributed by atoms with Crippen LogP contribution in [0.25, 0.3) is 0 Å². The Morgan fingerprint density at radius 3 is 2.03 bits per heavy atom. The molecule has 0 unspecified atom stereocenters. The van der Waals surface area contributed by atoms with Gasteiger partial charge in [0.25, 0.3) is 0 Å². The number of fused-ring (bicyclic) bond motifs is 2. The van der Waals surface area contributed by atoms with Gasteiger partial charge in [0.2, 0.25) is 0 Å². The summed E-state index contributed by atoms with van der Waals surface area (Å²) in [5.41, 5.74) is 3.11. The number of carbonyl (C=O) groups excluding carboxylic acids is 1. The van der Waals surface area contributed by atoms with Crippen molar-refractivity contribution in [3.05, 3.63) is 95.6 Å². The van der Waals surface area contributed by atoms with Crippen molar-refractivity contribution in [2.24, 2.45) is 0 Å². The number of carbonyl (C=O) groups is 1. The highest BCUT2D eigenvalue weighted by molar-refractivity contribution is 5.85. The van der Waals surface area contributed by atoms with Crippen LogP contribution in [-0.2, 0) is 16.1 Å². The number of rotatable bonds is 7. The standard InChI is InChI=1S/C28H30N2O3/c31-28(27-23-11-4-6-13-25(23)33-26-14-7-5-12-24(26)27)32-20-8-15-29-16-18-30(19-17-29)21-22-9-2-1-3-10-22/h1-7,9-14,27H,8,15-21H2. The lowest BCUT2D eigenvalue weighted by Gasteiger charge is -2.34. The molecule has 5 nitrogen and oxygen atoms in total. The van der Waals surface area contributed by atoms with Gasteiger partial charge in [-0.15, -0.1) is 0 Å². The maximum Gasteiger partial charge on any atom is 0.318 e. The number of hydrogen-bond acceptors (Lipinski definition) is 5. The molecule has 5 rings (SSSR count). The van der Waals surface area contributed by atoms with Crippen molar-refractivity contribution in [1.82, 2.24) is 9.80 Å². The van der Waals surface area contributed by atoms with Crippen molar-refractivity contribution < 1.29 is 14.3 Å². The van der Waals surface area contributed by atoms with Gasteiger partial charge in [-0.05, 0) is 24.1 Å². The third-order valence-corrected chi connectivity index (χ3v) is 6.49. The van der Waals surface area contributed by atoms with E-state index in [2.05, 4.69) is 40.1 Å². The summed E-state index contributed by atoms with van der Waals surface area (Å²) >= 11 is 0. The van der Waals surface area contributed by atoms with Gasteiger partial charge in [-0.25, -0.2) is 0 Å². The fraction of sp³-hybridized carbons (Fsp3) is 0.321. The molecule has 0 bridgehead atoms. The molecule has 0 N–H and O–H groups in total. The van der Waals surface area contributed by atoms with Gasteiger partial charge in [0, 0.05) is 50.4 Å². The minimum atomic E-state index is -0.437. The van der Waals surface area contributed by atoms with Crippen molar-refractivity contribution in [2.75, 3.05) is 39.3 Å². The predicted molar refractivity (Wildman–Crippen MR) is 129 cm³/mol. The van der Waals surface area contributed by atoms with Crippen molar-refractivity contribution >= 4 is 5.97 Å². The molecular formula is C28H30N2O3. The summed E-state index contributed by atoms with van der Waals surface area (Å²) in [5.74, 6) is 0.816. The first-order chi connectivity index (χ1) is 16.3. The SMILES string of the molecule is O=C(OCCCN1CCN(Cc2ccccc2)CC1)C1c2ccccc2Oc2ccccc21. The molecule has 0 atom stereocenters. The fourth-order valence-electron chi connectivity index (χ4n) is 4.72. The molecule has 0 aromatic heterocycles. The summed E-state index contributed by atoms with van der Waals surface area (Å²) in [7, 11) is 0. The number of ether oxygens (including phenoxy) is 2. The van der Waals surface area contributed by atoms with Crippen LogP contribution in [0, 0.1) is 0 Å². The maximum atomic E-state index is 13.1. The molecule has 0 aliphatic carbocycles. The molecule has 0 radical (unpaired) electrons. The lowest BCUT2D eigenvalue weighted by Crippen LogP contribution is -2.46. The third-order valence-electron chi connectivity index (χ3n) is 6.49. The van der Waals surface area contributed by atoms with Crippen LogP contribution in [0.1, 0.15) is 29.0 Å². The van der Waals surface area contributed by atoms with E-state index < -0.39 is 5.92 Å². The molecule has 1 saturated heterocycles. The number of piperazine rings is 1. The van der Waals surface area contributed by atoms with Crippen LogP contribution in [0.5, 0.6) is 11.5 Å². The van der Waals surface area contributed by atoms with Crippen LogP contribution in [-0.4, -0.2) is 55.1 Å². The van der Waals surface area contributed by atoms with E-state index >= 15 is 0 Å². The van der Waals surface area contributed by atoms with Gasteiger partial charge in [-0.2, -0.15) is 0 Å². The fourth-order valence-corrected chi connectivity index (χ4v) is 4.72. The molecular weight excluding hydrogens is 412 g/mol. The largest absolute Gasteiger partial charge is 0.465 e. The van der Waals surface area contributed by atoms with E-state index in [1.54, 1.807) is 0 Å². The lowest BCUT2D eigenvalue weighted by molar-refractivity contribution is -0.144. The monoisotopic (exact) mass is 442 g/mol. The summed E-state index contributed by atoms with van der Waals surface area (Å²) in [6, 6.07) is 26.1. The van der Waals surface area contributed by atoms with Crippen LogP contribution in [0.3, 0.4) is 0 Å². The maximum absolute atomic E-state index is 13.1. The Balaban J connectivity index is 1.10. The minimum absolute atomic E-state index is 0.203. The molecule has 0 amide bonds. The van der Waals surface area contributed by atoms with Gasteiger partial charge in [0.1, 0.15) is 17.4 Å². The second kappa shape index (κ2) is 10.2. The van der Waals surface area contributed by atoms with Crippen LogP contribution in [0.2, 0.25) is 0 Å². The molecule has 2 heterocycles. The quantitative estimate of drug-likeness (QED) is 0.393. The van der Waals surface area contributed by atoms with Gasteiger partial charge in [0.15, 0.2) is 0 Å². The Labute approximate surface area is 195 Å². The number of esters is 1. The smallest absolute Gasteiger partial charge is 0.318 e. The molecule has 170 valence electrons. The molecule has 5 heteroatoms. The average molecular weight is 443 g/mol. The molecule has 33 heavy (non-hydrogen) atoms. The van der Waals surface area contributed by atoms with Crippen LogP contribution >= 0.6 is 0 Å². The average Bonchev–Trinajstić information content (AvgIpc) is 2.86. The van der Waals surface area contributed by atoms with Crippen molar-refractivity contribution in [1.29, 1.82) is 0 Å². The normalized spacial score (nSPS) is 16.5. The summed E-state index contributed by atoms with van der Waals surface area (Å²) in [5, 5.41) is 0. The van der Waals surface area contributed by atoms with E-state index in [1.807, 2.05) is 48.5 Å². The van der Waals surface area contributed by atoms with Gasteiger partial charge >= 0.3 is 5.97 Å². The van der Waals surface area contributed by atoms with Gasteiger partial charge in [0.05, 0.1) is 6.61 Å². The second-order valence-electron chi connectivity index (χ2n) is 8.74. The van der Waals surface area contributed by atoms with Crippen molar-refractivity contribution in [3.8, 4) is 11.5 Å². The van der Waals surface area contributed by atoms with Crippen molar-refractivity contribution in [3.63, 3.8) is 0 Å². The van der Waals surface area contributed by atoms with Gasteiger partial charge in [-0.3, -0.25) is 9.69 Å². The third kappa shape index (κ3) is 5.10. The summed E-state index contributed by atoms with van der Waals surface area (Å²) in [4.78, 5) is 18.1. The molecule has 3 aromatic carbocycles. The molecule has 0 saturated carbocycles. The molecule has 2 aliphatic rings. The first-order valence-corrected chi connectivity index (χ1v) is 11.8. The molecule has 2 aliphatic heterocycles. The van der Waals surface area contributed by atoms with Gasteiger partial charge < -0.3 is 14.4 Å². The highest BCUT2D eigenvalue weighted by Gasteiger charge is 2.33. The van der Waals surface area contributed by atoms with E-state index in [0.717, 1.165) is 68.3 Å². The molecule has 3 aromatic rings. The topological polar surface area (TPSA) is 42.0 Å². The molecule has 0 spiro atoms. The first-order valence-electron chi connectivity index (χ1n) is 11.8. The first kappa shape index (κ1) is 21.7. The Kier molecular flexibility index (Phi) is 6.70. The Hall–Kier alpha value is -3.15. The summed E-state index contributed by atoms with van der Waals surface area (Å²) in [6.45, 7) is 6.66. The summed E-state index contributed by atoms with van der Waals surface area (Å²) in [6.07, 6.45) is 0.844. The van der Waals surface area contributed by atoms with E-state index in [-0.39, 0.29) is 5.97 Å². The lowest BCUT2D eigenvalue weighted by atomic mass is 9.88. The number of benzene rings is 3. The van der Waals surface area contributed by atoms with E-state index in [4.69, 9.17) is 9.47 Å². The summed E-state index contributed by atoms with van der Waals surface area (Å²) < 4.78 is 11.7. The Morgan fingerprint density at radius 2 is 1.36 bits per heavy atom. The van der Waals surface area contributed by atoms with E-state index in [0.29, 0.717) is 6.61 Å². The number of nitrogens with zero attached hydrogens (tertiary/aromatic N) is 2. The minimum Gasteiger partial charge on any atom is -0.465 e.